The molecule has 0 aliphatic carbocycles. The van der Waals surface area contributed by atoms with Gasteiger partial charge in [0.15, 0.2) is 0 Å². The molecule has 0 aromatic carbocycles. The topological polar surface area (TPSA) is 26.0 Å². The third-order valence-corrected chi connectivity index (χ3v) is 25.2. The van der Waals surface area contributed by atoms with E-state index in [9.17, 15) is 0 Å². The molecule has 0 heterocycles. The number of hydrogen-bond acceptors (Lipinski definition) is 2. The van der Waals surface area contributed by atoms with Crippen LogP contribution in [0.5, 0.6) is 0 Å². The first-order valence-corrected chi connectivity index (χ1v) is 21.8. The van der Waals surface area contributed by atoms with Crippen molar-refractivity contribution in [1.82, 2.24) is 0 Å². The molecule has 0 aromatic heterocycles. The van der Waals surface area contributed by atoms with Gasteiger partial charge in [-0.15, -0.1) is 0 Å². The number of nitrogens with two attached hydrogens (primary N) is 1. The Bertz CT molecular complexity index is 213. The second-order valence-corrected chi connectivity index (χ2v) is 29.2. The van der Waals surface area contributed by atoms with Gasteiger partial charge in [-0.25, -0.2) is 0 Å². The van der Waals surface area contributed by atoms with E-state index in [1.54, 1.807) is 0 Å². The fraction of sp³-hybridized carbons (Fsp3) is 1.00. The van der Waals surface area contributed by atoms with E-state index in [1.165, 1.54) is 85.9 Å². The fourth-order valence-corrected chi connectivity index (χ4v) is 20.7. The van der Waals surface area contributed by atoms with Gasteiger partial charge in [0.2, 0.25) is 0 Å². The predicted octanol–water partition coefficient (Wildman–Crippen LogP) is 7.08. The van der Waals surface area contributed by atoms with Crippen LogP contribution in [-0.2, 0) is 0 Å². The van der Waals surface area contributed by atoms with Crippen molar-refractivity contribution in [2.45, 2.75) is 99.8 Å². The van der Waals surface area contributed by atoms with Crippen molar-refractivity contribution < 1.29 is 0 Å². The summed E-state index contributed by atoms with van der Waals surface area (Å²) in [6.07, 6.45) is 16.6. The molecule has 134 valence electrons. The van der Waals surface area contributed by atoms with Crippen LogP contribution in [-0.4, -0.2) is 28.2 Å². The SMILES string of the molecule is CCCCCCC[CH2][Sn]([Cl])([CH2]CCCCCCC)[S]CCN. The Morgan fingerprint density at radius 1 is 0.727 bits per heavy atom. The van der Waals surface area contributed by atoms with Gasteiger partial charge < -0.3 is 0 Å². The van der Waals surface area contributed by atoms with Gasteiger partial charge in [-0.1, -0.05) is 0 Å². The first kappa shape index (κ1) is 23.4. The maximum absolute atomic E-state index is 7.12. The summed E-state index contributed by atoms with van der Waals surface area (Å²) >= 11 is -2.39. The third kappa shape index (κ3) is 15.0. The molecule has 0 fully saturated rings. The van der Waals surface area contributed by atoms with Gasteiger partial charge in [0, 0.05) is 0 Å². The first-order valence-electron chi connectivity index (χ1n) is 9.71. The van der Waals surface area contributed by atoms with Crippen LogP contribution < -0.4 is 5.73 Å². The fourth-order valence-electron chi connectivity index (χ4n) is 2.85. The van der Waals surface area contributed by atoms with Gasteiger partial charge in [-0.3, -0.25) is 0 Å². The van der Waals surface area contributed by atoms with Crippen LogP contribution in [0.3, 0.4) is 0 Å². The summed E-state index contributed by atoms with van der Waals surface area (Å²) < 4.78 is 2.73. The number of hydrogen-bond donors (Lipinski definition) is 1. The summed E-state index contributed by atoms with van der Waals surface area (Å²) in [7, 11) is 9.23. The normalized spacial score (nSPS) is 12.0. The first-order chi connectivity index (χ1) is 10.7. The van der Waals surface area contributed by atoms with Crippen molar-refractivity contribution in [3.05, 3.63) is 0 Å². The van der Waals surface area contributed by atoms with Crippen molar-refractivity contribution >= 4 is 33.7 Å². The van der Waals surface area contributed by atoms with E-state index in [4.69, 9.17) is 14.7 Å². The molecule has 1 nitrogen and oxygen atoms in total. The number of rotatable bonds is 17. The van der Waals surface area contributed by atoms with Gasteiger partial charge in [-0.05, 0) is 0 Å². The summed E-state index contributed by atoms with van der Waals surface area (Å²) in [4.78, 5) is 0. The Balaban J connectivity index is 3.84. The van der Waals surface area contributed by atoms with Crippen molar-refractivity contribution in [1.29, 1.82) is 0 Å². The molecule has 0 amide bonds. The summed E-state index contributed by atoms with van der Waals surface area (Å²) in [5, 5.41) is 0. The minimum atomic E-state index is -2.39. The Morgan fingerprint density at radius 2 is 1.14 bits per heavy atom. The molecule has 0 aromatic rings. The number of unbranched alkanes of at least 4 members (excludes halogenated alkanes) is 10. The molecular weight excluding hydrogens is 416 g/mol. The average Bonchev–Trinajstić information content (AvgIpc) is 2.52. The van der Waals surface area contributed by atoms with Crippen LogP contribution in [0.2, 0.25) is 8.87 Å². The van der Waals surface area contributed by atoms with E-state index >= 15 is 0 Å². The van der Waals surface area contributed by atoms with E-state index in [1.807, 2.05) is 0 Å². The molecule has 0 radical (unpaired) electrons. The molecule has 0 atom stereocenters. The Hall–Kier alpha value is 1.40. The molecule has 4 heteroatoms. The minimum absolute atomic E-state index is 0.795. The van der Waals surface area contributed by atoms with Crippen LogP contribution in [0, 0.1) is 0 Å². The average molecular weight is 457 g/mol. The summed E-state index contributed by atoms with van der Waals surface area (Å²) in [5.41, 5.74) is 5.71. The van der Waals surface area contributed by atoms with Crippen LogP contribution in [0.15, 0.2) is 0 Å². The second kappa shape index (κ2) is 17.2. The van der Waals surface area contributed by atoms with E-state index in [0.29, 0.717) is 0 Å². The molecular formula is C18H40ClNSSn. The molecule has 0 aliphatic rings. The zero-order valence-corrected chi connectivity index (χ0v) is 19.6. The molecule has 22 heavy (non-hydrogen) atoms. The standard InChI is InChI=1S/2C8H17.C2H7NS.ClH.Sn/c2*1-3-5-7-8-6-4-2;3-1-2-4;;/h2*1,3-8H2,2H3;4H,1-3H2;1H;/q;;;;+2/p-2. The van der Waals surface area contributed by atoms with Crippen LogP contribution in [0.1, 0.15) is 90.9 Å². The van der Waals surface area contributed by atoms with E-state index < -0.39 is 15.9 Å². The van der Waals surface area contributed by atoms with Crippen molar-refractivity contribution in [2.75, 3.05) is 12.3 Å². The molecule has 0 saturated carbocycles. The van der Waals surface area contributed by atoms with Crippen molar-refractivity contribution in [2.24, 2.45) is 5.73 Å². The van der Waals surface area contributed by atoms with Crippen LogP contribution >= 0.6 is 17.9 Å². The Kier molecular flexibility index (Phi) is 18.3. The zero-order valence-electron chi connectivity index (χ0n) is 15.2. The molecule has 0 rings (SSSR count). The molecule has 0 unspecified atom stereocenters. The maximum atomic E-state index is 7.12. The summed E-state index contributed by atoms with van der Waals surface area (Å²) in [5.74, 6) is 1.09. The van der Waals surface area contributed by atoms with Gasteiger partial charge in [0.1, 0.15) is 0 Å². The van der Waals surface area contributed by atoms with Gasteiger partial charge in [0.05, 0.1) is 0 Å². The monoisotopic (exact) mass is 457 g/mol. The van der Waals surface area contributed by atoms with Gasteiger partial charge in [0.25, 0.3) is 0 Å². The summed E-state index contributed by atoms with van der Waals surface area (Å²) in [6, 6.07) is 0. The Morgan fingerprint density at radius 3 is 1.55 bits per heavy atom. The molecule has 0 saturated heterocycles. The quantitative estimate of drug-likeness (QED) is 0.187. The van der Waals surface area contributed by atoms with Crippen molar-refractivity contribution in [3.63, 3.8) is 0 Å². The third-order valence-electron chi connectivity index (χ3n) is 4.29. The summed E-state index contributed by atoms with van der Waals surface area (Å²) in [6.45, 7) is 5.36. The Labute approximate surface area is 150 Å². The molecule has 0 bridgehead atoms. The van der Waals surface area contributed by atoms with E-state index in [2.05, 4.69) is 22.8 Å². The number of halogens is 1. The van der Waals surface area contributed by atoms with Crippen LogP contribution in [0.4, 0.5) is 0 Å². The van der Waals surface area contributed by atoms with E-state index in [-0.39, 0.29) is 0 Å². The van der Waals surface area contributed by atoms with Gasteiger partial charge >= 0.3 is 152 Å². The van der Waals surface area contributed by atoms with Crippen LogP contribution in [0.25, 0.3) is 0 Å². The zero-order chi connectivity index (χ0) is 16.5. The second-order valence-electron chi connectivity index (χ2n) is 6.56. The molecule has 0 aliphatic heterocycles. The van der Waals surface area contributed by atoms with Gasteiger partial charge in [-0.2, -0.15) is 0 Å². The molecule has 0 spiro atoms. The van der Waals surface area contributed by atoms with E-state index in [0.717, 1.165) is 12.3 Å². The van der Waals surface area contributed by atoms with Crippen molar-refractivity contribution in [3.8, 4) is 0 Å². The predicted molar refractivity (Wildman–Crippen MR) is 109 cm³/mol. The molecule has 2 N–H and O–H groups in total.